The van der Waals surface area contributed by atoms with Gasteiger partial charge in [0.25, 0.3) is 0 Å². The third kappa shape index (κ3) is 2.76. The Morgan fingerprint density at radius 1 is 1.33 bits per heavy atom. The lowest BCUT2D eigenvalue weighted by atomic mass is 10.1. The molecule has 0 aliphatic carbocycles. The van der Waals surface area contributed by atoms with E-state index >= 15 is 0 Å². The van der Waals surface area contributed by atoms with E-state index in [9.17, 15) is 0 Å². The van der Waals surface area contributed by atoms with Gasteiger partial charge >= 0.3 is 0 Å². The summed E-state index contributed by atoms with van der Waals surface area (Å²) >= 11 is 0. The van der Waals surface area contributed by atoms with E-state index < -0.39 is 0 Å². The van der Waals surface area contributed by atoms with Gasteiger partial charge in [0.15, 0.2) is 0 Å². The third-order valence-electron chi connectivity index (χ3n) is 2.91. The van der Waals surface area contributed by atoms with Gasteiger partial charge in [0.2, 0.25) is 0 Å². The Labute approximate surface area is 76.1 Å². The van der Waals surface area contributed by atoms with Crippen molar-refractivity contribution in [2.45, 2.75) is 45.1 Å². The second-order valence-corrected chi connectivity index (χ2v) is 3.71. The molecule has 0 aromatic carbocycles. The Kier molecular flexibility index (Phi) is 4.62. The zero-order valence-corrected chi connectivity index (χ0v) is 8.26. The van der Waals surface area contributed by atoms with Gasteiger partial charge in [-0.2, -0.15) is 0 Å². The van der Waals surface area contributed by atoms with Gasteiger partial charge in [0.05, 0.1) is 0 Å². The summed E-state index contributed by atoms with van der Waals surface area (Å²) in [7, 11) is 0. The molecule has 1 atom stereocenters. The van der Waals surface area contributed by atoms with Crippen LogP contribution >= 0.6 is 0 Å². The highest BCUT2D eigenvalue weighted by molar-refractivity contribution is 4.74. The molecule has 0 saturated carbocycles. The van der Waals surface area contributed by atoms with Crippen LogP contribution in [-0.2, 0) is 0 Å². The van der Waals surface area contributed by atoms with Crippen LogP contribution in [0.1, 0.15) is 39.0 Å². The monoisotopic (exact) mass is 170 g/mol. The number of hydrogen-bond acceptors (Lipinski definition) is 2. The quantitative estimate of drug-likeness (QED) is 0.697. The first-order valence-corrected chi connectivity index (χ1v) is 5.32. The minimum Gasteiger partial charge on any atom is -0.330 e. The highest BCUT2D eigenvalue weighted by Gasteiger charge is 2.17. The average Bonchev–Trinajstić information content (AvgIpc) is 2.30. The molecule has 1 aliphatic rings. The molecular formula is C10H22N2. The summed E-state index contributed by atoms with van der Waals surface area (Å²) in [6.07, 6.45) is 6.76. The summed E-state index contributed by atoms with van der Waals surface area (Å²) in [5.74, 6) is 0. The molecule has 1 aliphatic heterocycles. The lowest BCUT2D eigenvalue weighted by Crippen LogP contribution is -2.36. The number of likely N-dealkylation sites (tertiary alicyclic amines) is 1. The second kappa shape index (κ2) is 5.55. The third-order valence-corrected chi connectivity index (χ3v) is 2.91. The molecule has 2 nitrogen and oxygen atoms in total. The normalized spacial score (nSPS) is 27.0. The van der Waals surface area contributed by atoms with Crippen LogP contribution in [0, 0.1) is 0 Å². The maximum Gasteiger partial charge on any atom is 0.0107 e. The Hall–Kier alpha value is -0.0800. The van der Waals surface area contributed by atoms with Crippen molar-refractivity contribution in [2.24, 2.45) is 5.73 Å². The van der Waals surface area contributed by atoms with Crippen LogP contribution in [0.3, 0.4) is 0 Å². The molecule has 1 heterocycles. The summed E-state index contributed by atoms with van der Waals surface area (Å²) in [6.45, 7) is 5.60. The van der Waals surface area contributed by atoms with Gasteiger partial charge in [-0.05, 0) is 38.9 Å². The lowest BCUT2D eigenvalue weighted by Gasteiger charge is -2.28. The fourth-order valence-electron chi connectivity index (χ4n) is 2.17. The van der Waals surface area contributed by atoms with Crippen LogP contribution in [0.15, 0.2) is 0 Å². The molecule has 1 fully saturated rings. The molecule has 0 aromatic heterocycles. The van der Waals surface area contributed by atoms with Crippen molar-refractivity contribution in [1.82, 2.24) is 4.90 Å². The van der Waals surface area contributed by atoms with Crippen molar-refractivity contribution < 1.29 is 0 Å². The largest absolute Gasteiger partial charge is 0.330 e. The van der Waals surface area contributed by atoms with Crippen molar-refractivity contribution in [3.8, 4) is 0 Å². The number of hydrogen-bond donors (Lipinski definition) is 1. The predicted octanol–water partition coefficient (Wildman–Crippen LogP) is 1.60. The van der Waals surface area contributed by atoms with Crippen LogP contribution in [-0.4, -0.2) is 30.6 Å². The van der Waals surface area contributed by atoms with Gasteiger partial charge in [0, 0.05) is 6.04 Å². The highest BCUT2D eigenvalue weighted by atomic mass is 15.1. The van der Waals surface area contributed by atoms with Gasteiger partial charge in [-0.3, -0.25) is 0 Å². The molecule has 72 valence electrons. The van der Waals surface area contributed by atoms with Gasteiger partial charge in [-0.25, -0.2) is 0 Å². The second-order valence-electron chi connectivity index (χ2n) is 3.71. The van der Waals surface area contributed by atoms with Crippen LogP contribution < -0.4 is 5.73 Å². The molecule has 0 amide bonds. The van der Waals surface area contributed by atoms with E-state index in [1.807, 2.05) is 0 Å². The van der Waals surface area contributed by atoms with Crippen molar-refractivity contribution in [3.05, 3.63) is 0 Å². The predicted molar refractivity (Wildman–Crippen MR) is 53.2 cm³/mol. The molecule has 0 radical (unpaired) electrons. The molecule has 0 spiro atoms. The SMILES string of the molecule is CCN1CCCCCC1CCN. The van der Waals surface area contributed by atoms with Crippen molar-refractivity contribution in [2.75, 3.05) is 19.6 Å². The summed E-state index contributed by atoms with van der Waals surface area (Å²) in [5.41, 5.74) is 5.60. The molecule has 1 saturated heterocycles. The van der Waals surface area contributed by atoms with Crippen molar-refractivity contribution in [3.63, 3.8) is 0 Å². The maximum absolute atomic E-state index is 5.60. The number of rotatable bonds is 3. The first-order valence-electron chi connectivity index (χ1n) is 5.32. The Balaban J connectivity index is 2.39. The van der Waals surface area contributed by atoms with Gasteiger partial charge in [0.1, 0.15) is 0 Å². The lowest BCUT2D eigenvalue weighted by molar-refractivity contribution is 0.202. The van der Waals surface area contributed by atoms with Gasteiger partial charge < -0.3 is 10.6 Å². The van der Waals surface area contributed by atoms with E-state index in [2.05, 4.69) is 11.8 Å². The van der Waals surface area contributed by atoms with Gasteiger partial charge in [-0.1, -0.05) is 19.8 Å². The Morgan fingerprint density at radius 2 is 2.17 bits per heavy atom. The molecule has 0 aromatic rings. The fourth-order valence-corrected chi connectivity index (χ4v) is 2.17. The zero-order chi connectivity index (χ0) is 8.81. The maximum atomic E-state index is 5.60. The summed E-state index contributed by atoms with van der Waals surface area (Å²) in [4.78, 5) is 2.60. The summed E-state index contributed by atoms with van der Waals surface area (Å²) < 4.78 is 0. The zero-order valence-electron chi connectivity index (χ0n) is 8.26. The van der Waals surface area contributed by atoms with E-state index in [-0.39, 0.29) is 0 Å². The van der Waals surface area contributed by atoms with Crippen molar-refractivity contribution >= 4 is 0 Å². The van der Waals surface area contributed by atoms with Crippen LogP contribution in [0.25, 0.3) is 0 Å². The van der Waals surface area contributed by atoms with Gasteiger partial charge in [-0.15, -0.1) is 0 Å². The molecular weight excluding hydrogens is 148 g/mol. The first-order chi connectivity index (χ1) is 5.88. The summed E-state index contributed by atoms with van der Waals surface area (Å²) in [6, 6.07) is 0.780. The fraction of sp³-hybridized carbons (Fsp3) is 1.00. The summed E-state index contributed by atoms with van der Waals surface area (Å²) in [5, 5.41) is 0. The molecule has 1 unspecified atom stereocenters. The smallest absolute Gasteiger partial charge is 0.0107 e. The number of nitrogens with zero attached hydrogens (tertiary/aromatic N) is 1. The minimum absolute atomic E-state index is 0.780. The number of nitrogens with two attached hydrogens (primary N) is 1. The van der Waals surface area contributed by atoms with Crippen LogP contribution in [0.4, 0.5) is 0 Å². The van der Waals surface area contributed by atoms with Crippen LogP contribution in [0.2, 0.25) is 0 Å². The molecule has 0 bridgehead atoms. The minimum atomic E-state index is 0.780. The average molecular weight is 170 g/mol. The standard InChI is InChI=1S/C10H22N2/c1-2-12-9-5-3-4-6-10(12)7-8-11/h10H,2-9,11H2,1H3. The van der Waals surface area contributed by atoms with E-state index in [1.54, 1.807) is 0 Å². The van der Waals surface area contributed by atoms with E-state index in [4.69, 9.17) is 5.73 Å². The topological polar surface area (TPSA) is 29.3 Å². The highest BCUT2D eigenvalue weighted by Crippen LogP contribution is 2.18. The first kappa shape index (κ1) is 10.0. The van der Waals surface area contributed by atoms with E-state index in [0.29, 0.717) is 0 Å². The van der Waals surface area contributed by atoms with E-state index in [0.717, 1.165) is 12.6 Å². The Bertz CT molecular complexity index is 114. The molecule has 2 heteroatoms. The molecule has 2 N–H and O–H groups in total. The van der Waals surface area contributed by atoms with Crippen molar-refractivity contribution in [1.29, 1.82) is 0 Å². The molecule has 12 heavy (non-hydrogen) atoms. The van der Waals surface area contributed by atoms with Crippen LogP contribution in [0.5, 0.6) is 0 Å². The molecule has 1 rings (SSSR count). The Morgan fingerprint density at radius 3 is 2.83 bits per heavy atom. The van der Waals surface area contributed by atoms with E-state index in [1.165, 1.54) is 45.2 Å².